The number of carbonyl (C=O) groups is 1. The largest absolute Gasteiger partial charge is 0.493 e. The first-order valence-electron chi connectivity index (χ1n) is 7.26. The molecule has 0 unspecified atom stereocenters. The number of amides is 1. The number of hydrazine groups is 1. The van der Waals surface area contributed by atoms with Gasteiger partial charge in [0.2, 0.25) is 0 Å². The van der Waals surface area contributed by atoms with Crippen LogP contribution in [-0.2, 0) is 4.79 Å². The highest BCUT2D eigenvalue weighted by Crippen LogP contribution is 2.25. The molecule has 1 amide bonds. The summed E-state index contributed by atoms with van der Waals surface area (Å²) in [4.78, 5) is 13.8. The maximum absolute atomic E-state index is 11.7. The van der Waals surface area contributed by atoms with E-state index in [9.17, 15) is 4.79 Å². The van der Waals surface area contributed by atoms with Crippen molar-refractivity contribution >= 4 is 23.2 Å². The van der Waals surface area contributed by atoms with Crippen LogP contribution in [0.2, 0.25) is 0 Å². The summed E-state index contributed by atoms with van der Waals surface area (Å²) in [5.41, 5.74) is 5.10. The van der Waals surface area contributed by atoms with Gasteiger partial charge in [-0.05, 0) is 51.4 Å². The average molecular weight is 340 g/mol. The third-order valence-electron chi connectivity index (χ3n) is 2.81. The van der Waals surface area contributed by atoms with E-state index in [2.05, 4.69) is 21.1 Å². The second-order valence-electron chi connectivity index (χ2n) is 5.03. The first-order valence-corrected chi connectivity index (χ1v) is 7.67. The molecular formula is C15H24N4O3S. The van der Waals surface area contributed by atoms with Gasteiger partial charge in [0, 0.05) is 6.54 Å². The lowest BCUT2D eigenvalue weighted by molar-refractivity contribution is -0.123. The van der Waals surface area contributed by atoms with E-state index in [1.165, 1.54) is 0 Å². The van der Waals surface area contributed by atoms with Crippen molar-refractivity contribution in [1.29, 1.82) is 0 Å². The molecule has 128 valence electrons. The average Bonchev–Trinajstić information content (AvgIpc) is 2.55. The van der Waals surface area contributed by atoms with Gasteiger partial charge in [-0.2, -0.15) is 0 Å². The van der Waals surface area contributed by atoms with Crippen LogP contribution in [0.3, 0.4) is 0 Å². The molecule has 1 aromatic rings. The number of ether oxygens (including phenoxy) is 2. The predicted molar refractivity (Wildman–Crippen MR) is 93.5 cm³/mol. The molecule has 0 fully saturated rings. The second-order valence-corrected chi connectivity index (χ2v) is 5.43. The molecule has 1 aromatic carbocycles. The molecule has 0 aliphatic carbocycles. The van der Waals surface area contributed by atoms with Crippen molar-refractivity contribution in [3.05, 3.63) is 24.3 Å². The number of benzene rings is 1. The van der Waals surface area contributed by atoms with E-state index in [0.717, 1.165) is 19.5 Å². The minimum atomic E-state index is -0.339. The van der Waals surface area contributed by atoms with Crippen LogP contribution in [0.1, 0.15) is 6.42 Å². The molecule has 0 aromatic heterocycles. The molecule has 0 bridgehead atoms. The first-order chi connectivity index (χ1) is 11.0. The second kappa shape index (κ2) is 10.6. The summed E-state index contributed by atoms with van der Waals surface area (Å²) in [7, 11) is 5.57. The third-order valence-corrected chi connectivity index (χ3v) is 3.06. The topological polar surface area (TPSA) is 74.9 Å². The zero-order valence-corrected chi connectivity index (χ0v) is 14.5. The Labute approximate surface area is 142 Å². The normalized spacial score (nSPS) is 10.1. The monoisotopic (exact) mass is 340 g/mol. The van der Waals surface area contributed by atoms with E-state index in [1.807, 2.05) is 20.2 Å². The van der Waals surface area contributed by atoms with Gasteiger partial charge in [-0.25, -0.2) is 0 Å². The Morgan fingerprint density at radius 2 is 1.91 bits per heavy atom. The van der Waals surface area contributed by atoms with Crippen LogP contribution in [0, 0.1) is 0 Å². The molecule has 0 heterocycles. The Bertz CT molecular complexity index is 511. The van der Waals surface area contributed by atoms with Crippen LogP contribution in [0.25, 0.3) is 0 Å². The van der Waals surface area contributed by atoms with Gasteiger partial charge in [-0.15, -0.1) is 0 Å². The Morgan fingerprint density at radius 1 is 1.22 bits per heavy atom. The van der Waals surface area contributed by atoms with E-state index in [1.54, 1.807) is 25.3 Å². The molecule has 0 spiro atoms. The lowest BCUT2D eigenvalue weighted by atomic mass is 10.3. The lowest BCUT2D eigenvalue weighted by Gasteiger charge is -2.14. The Hall–Kier alpha value is -2.06. The lowest BCUT2D eigenvalue weighted by Crippen LogP contribution is -2.48. The van der Waals surface area contributed by atoms with Crippen molar-refractivity contribution in [2.24, 2.45) is 0 Å². The van der Waals surface area contributed by atoms with Crippen molar-refractivity contribution in [2.45, 2.75) is 6.42 Å². The summed E-state index contributed by atoms with van der Waals surface area (Å²) in [6.45, 7) is 1.56. The molecule has 0 radical (unpaired) electrons. The molecule has 7 nitrogen and oxygen atoms in total. The molecular weight excluding hydrogens is 316 g/mol. The molecule has 0 aliphatic heterocycles. The fourth-order valence-electron chi connectivity index (χ4n) is 1.69. The van der Waals surface area contributed by atoms with Crippen molar-refractivity contribution in [3.63, 3.8) is 0 Å². The summed E-state index contributed by atoms with van der Waals surface area (Å²) in [5, 5.41) is 3.37. The molecule has 0 atom stereocenters. The van der Waals surface area contributed by atoms with Crippen molar-refractivity contribution in [1.82, 2.24) is 21.1 Å². The van der Waals surface area contributed by atoms with Gasteiger partial charge in [-0.3, -0.25) is 15.6 Å². The van der Waals surface area contributed by atoms with E-state index in [0.29, 0.717) is 16.6 Å². The molecule has 1 rings (SSSR count). The summed E-state index contributed by atoms with van der Waals surface area (Å²) >= 11 is 5.06. The molecule has 23 heavy (non-hydrogen) atoms. The SMILES string of the molecule is COc1ccccc1OCC(=O)NNC(=S)NCCCN(C)C. The Morgan fingerprint density at radius 3 is 2.57 bits per heavy atom. The molecule has 0 saturated carbocycles. The number of hydrogen-bond acceptors (Lipinski definition) is 5. The summed E-state index contributed by atoms with van der Waals surface area (Å²) in [5.74, 6) is 0.745. The van der Waals surface area contributed by atoms with Crippen molar-refractivity contribution in [2.75, 3.05) is 40.9 Å². The molecule has 0 saturated heterocycles. The molecule has 3 N–H and O–H groups in total. The molecule has 8 heteroatoms. The highest BCUT2D eigenvalue weighted by atomic mass is 32.1. The maximum Gasteiger partial charge on any atom is 0.276 e. The molecule has 0 aliphatic rings. The van der Waals surface area contributed by atoms with Crippen LogP contribution >= 0.6 is 12.2 Å². The number of rotatable bonds is 8. The highest BCUT2D eigenvalue weighted by Gasteiger charge is 2.06. The van der Waals surface area contributed by atoms with Crippen LogP contribution in [0.15, 0.2) is 24.3 Å². The number of methoxy groups -OCH3 is 1. The van der Waals surface area contributed by atoms with Crippen LogP contribution < -0.4 is 25.6 Å². The number of hydrogen-bond donors (Lipinski definition) is 3. The van der Waals surface area contributed by atoms with Gasteiger partial charge < -0.3 is 19.7 Å². The van der Waals surface area contributed by atoms with E-state index < -0.39 is 0 Å². The van der Waals surface area contributed by atoms with Gasteiger partial charge in [-0.1, -0.05) is 12.1 Å². The maximum atomic E-state index is 11.7. The van der Waals surface area contributed by atoms with Gasteiger partial charge in [0.15, 0.2) is 23.2 Å². The first kappa shape index (κ1) is 19.0. The standard InChI is InChI=1S/C15H24N4O3S/c1-19(2)10-6-9-16-15(23)18-17-14(20)11-22-13-8-5-4-7-12(13)21-3/h4-5,7-8H,6,9-11H2,1-3H3,(H,17,20)(H2,16,18,23). The Balaban J connectivity index is 2.20. The van der Waals surface area contributed by atoms with Crippen LogP contribution in [-0.4, -0.2) is 56.8 Å². The zero-order valence-electron chi connectivity index (χ0n) is 13.7. The van der Waals surface area contributed by atoms with Gasteiger partial charge >= 0.3 is 0 Å². The fourth-order valence-corrected chi connectivity index (χ4v) is 1.84. The van der Waals surface area contributed by atoms with E-state index in [4.69, 9.17) is 21.7 Å². The number of carbonyl (C=O) groups excluding carboxylic acids is 1. The van der Waals surface area contributed by atoms with Crippen LogP contribution in [0.5, 0.6) is 11.5 Å². The summed E-state index contributed by atoms with van der Waals surface area (Å²) in [6, 6.07) is 7.13. The number of nitrogens with one attached hydrogen (secondary N) is 3. The van der Waals surface area contributed by atoms with Gasteiger partial charge in [0.05, 0.1) is 7.11 Å². The number of thiocarbonyl (C=S) groups is 1. The summed E-state index contributed by atoms with van der Waals surface area (Å²) < 4.78 is 10.5. The minimum Gasteiger partial charge on any atom is -0.493 e. The highest BCUT2D eigenvalue weighted by molar-refractivity contribution is 7.80. The third kappa shape index (κ3) is 8.22. The van der Waals surface area contributed by atoms with E-state index >= 15 is 0 Å². The van der Waals surface area contributed by atoms with E-state index in [-0.39, 0.29) is 12.5 Å². The van der Waals surface area contributed by atoms with Crippen molar-refractivity contribution < 1.29 is 14.3 Å². The van der Waals surface area contributed by atoms with Gasteiger partial charge in [0.1, 0.15) is 0 Å². The quantitative estimate of drug-likeness (QED) is 0.362. The minimum absolute atomic E-state index is 0.142. The zero-order chi connectivity index (χ0) is 17.1. The number of nitrogens with zero attached hydrogens (tertiary/aromatic N) is 1. The van der Waals surface area contributed by atoms with Gasteiger partial charge in [0.25, 0.3) is 5.91 Å². The van der Waals surface area contributed by atoms with Crippen LogP contribution in [0.4, 0.5) is 0 Å². The fraction of sp³-hybridized carbons (Fsp3) is 0.467. The predicted octanol–water partition coefficient (Wildman–Crippen LogP) is 0.521. The number of para-hydroxylation sites is 2. The Kier molecular flexibility index (Phi) is 8.78. The van der Waals surface area contributed by atoms with Crippen molar-refractivity contribution in [3.8, 4) is 11.5 Å². The smallest absolute Gasteiger partial charge is 0.276 e. The summed E-state index contributed by atoms with van der Waals surface area (Å²) in [6.07, 6.45) is 0.958.